The molecule has 1 aliphatic rings. The number of nitrogens with zero attached hydrogens (tertiary/aromatic N) is 1. The maximum Gasteiger partial charge on any atom is 0.265 e. The molecular formula is C24H30N2O3. The molecule has 0 aliphatic carbocycles. The maximum atomic E-state index is 12.5. The van der Waals surface area contributed by atoms with Crippen LogP contribution in [-0.2, 0) is 15.0 Å². The van der Waals surface area contributed by atoms with Crippen LogP contribution in [0.5, 0.6) is 5.75 Å². The van der Waals surface area contributed by atoms with Gasteiger partial charge in [0.25, 0.3) is 5.91 Å². The van der Waals surface area contributed by atoms with Gasteiger partial charge in [0.05, 0.1) is 11.7 Å². The lowest BCUT2D eigenvalue weighted by Gasteiger charge is -2.31. The quantitative estimate of drug-likeness (QED) is 0.792. The third-order valence-corrected chi connectivity index (χ3v) is 5.23. The molecular weight excluding hydrogens is 364 g/mol. The zero-order valence-corrected chi connectivity index (χ0v) is 17.7. The Morgan fingerprint density at radius 3 is 2.59 bits per heavy atom. The second-order valence-electron chi connectivity index (χ2n) is 8.57. The molecule has 0 radical (unpaired) electrons. The zero-order valence-electron chi connectivity index (χ0n) is 17.7. The van der Waals surface area contributed by atoms with E-state index < -0.39 is 0 Å². The fraction of sp³-hybridized carbons (Fsp3) is 0.417. The molecule has 1 atom stereocenters. The zero-order chi connectivity index (χ0) is 21.0. The minimum Gasteiger partial charge on any atom is -0.482 e. The molecule has 1 N–H and O–H groups in total. The summed E-state index contributed by atoms with van der Waals surface area (Å²) < 4.78 is 5.59. The van der Waals surface area contributed by atoms with Gasteiger partial charge in [-0.3, -0.25) is 9.59 Å². The molecule has 2 amide bonds. The highest BCUT2D eigenvalue weighted by molar-refractivity contribution is 5.98. The van der Waals surface area contributed by atoms with E-state index in [1.54, 1.807) is 4.90 Å². The Hall–Kier alpha value is -2.82. The number of carbonyl (C=O) groups excluding carboxylic acids is 2. The average Bonchev–Trinajstić information content (AvgIpc) is 2.69. The largest absolute Gasteiger partial charge is 0.482 e. The third kappa shape index (κ3) is 5.17. The first-order valence-electron chi connectivity index (χ1n) is 10.2. The van der Waals surface area contributed by atoms with Crippen molar-refractivity contribution >= 4 is 17.5 Å². The second kappa shape index (κ2) is 8.68. The molecule has 0 spiro atoms. The fourth-order valence-electron chi connectivity index (χ4n) is 3.45. The van der Waals surface area contributed by atoms with Crippen LogP contribution in [0.4, 0.5) is 5.69 Å². The minimum absolute atomic E-state index is 0.00859. The molecule has 154 valence electrons. The first-order chi connectivity index (χ1) is 13.8. The standard InChI is InChI=1S/C24H30N2O3/c1-17(18-9-6-5-7-10-18)25-22(27)11-8-14-26-20-15-19(24(2,3)4)12-13-21(20)29-16-23(26)28/h5-7,9-10,12-13,15,17H,8,11,14,16H2,1-4H3,(H,25,27)/t17-/m1/s1. The number of hydrogen-bond donors (Lipinski definition) is 1. The van der Waals surface area contributed by atoms with Gasteiger partial charge in [-0.25, -0.2) is 0 Å². The van der Waals surface area contributed by atoms with Gasteiger partial charge in [-0.05, 0) is 42.0 Å². The minimum atomic E-state index is -0.0679. The van der Waals surface area contributed by atoms with Crippen LogP contribution in [0, 0.1) is 0 Å². The lowest BCUT2D eigenvalue weighted by Crippen LogP contribution is -2.40. The van der Waals surface area contributed by atoms with Crippen molar-refractivity contribution in [3.8, 4) is 5.75 Å². The van der Waals surface area contributed by atoms with E-state index in [2.05, 4.69) is 26.1 Å². The van der Waals surface area contributed by atoms with Crippen molar-refractivity contribution in [1.82, 2.24) is 5.32 Å². The van der Waals surface area contributed by atoms with Crippen LogP contribution in [0.25, 0.3) is 0 Å². The SMILES string of the molecule is C[C@@H](NC(=O)CCCN1C(=O)COc2ccc(C(C)(C)C)cc21)c1ccccc1. The number of amides is 2. The van der Waals surface area contributed by atoms with Crippen LogP contribution >= 0.6 is 0 Å². The van der Waals surface area contributed by atoms with Gasteiger partial charge in [-0.1, -0.05) is 57.2 Å². The number of carbonyl (C=O) groups is 2. The summed E-state index contributed by atoms with van der Waals surface area (Å²) in [4.78, 5) is 26.6. The third-order valence-electron chi connectivity index (χ3n) is 5.23. The van der Waals surface area contributed by atoms with Gasteiger partial charge >= 0.3 is 0 Å². The second-order valence-corrected chi connectivity index (χ2v) is 8.57. The van der Waals surface area contributed by atoms with E-state index in [0.29, 0.717) is 19.4 Å². The summed E-state index contributed by atoms with van der Waals surface area (Å²) >= 11 is 0. The van der Waals surface area contributed by atoms with Crippen LogP contribution < -0.4 is 15.0 Å². The molecule has 2 aromatic carbocycles. The van der Waals surface area contributed by atoms with Crippen molar-refractivity contribution < 1.29 is 14.3 Å². The Balaban J connectivity index is 1.61. The Labute approximate surface area is 173 Å². The molecule has 1 heterocycles. The Bertz CT molecular complexity index is 871. The normalized spacial score (nSPS) is 14.8. The average molecular weight is 395 g/mol. The summed E-state index contributed by atoms with van der Waals surface area (Å²) in [6.45, 7) is 8.94. The summed E-state index contributed by atoms with van der Waals surface area (Å²) in [6.07, 6.45) is 0.967. The first-order valence-corrected chi connectivity index (χ1v) is 10.2. The van der Waals surface area contributed by atoms with Crippen molar-refractivity contribution in [2.45, 2.75) is 52.0 Å². The van der Waals surface area contributed by atoms with E-state index >= 15 is 0 Å². The number of ether oxygens (including phenoxy) is 1. The Kier molecular flexibility index (Phi) is 6.26. The molecule has 2 aromatic rings. The predicted molar refractivity (Wildman–Crippen MR) is 115 cm³/mol. The van der Waals surface area contributed by atoms with E-state index in [9.17, 15) is 9.59 Å². The van der Waals surface area contributed by atoms with Gasteiger partial charge in [-0.15, -0.1) is 0 Å². The molecule has 5 nitrogen and oxygen atoms in total. The molecule has 0 saturated heterocycles. The fourth-order valence-corrected chi connectivity index (χ4v) is 3.45. The number of rotatable bonds is 6. The summed E-state index contributed by atoms with van der Waals surface area (Å²) in [5, 5.41) is 3.03. The smallest absolute Gasteiger partial charge is 0.265 e. The highest BCUT2D eigenvalue weighted by atomic mass is 16.5. The van der Waals surface area contributed by atoms with E-state index in [1.807, 2.05) is 55.5 Å². The molecule has 1 aliphatic heterocycles. The number of nitrogens with one attached hydrogen (secondary N) is 1. The van der Waals surface area contributed by atoms with Crippen molar-refractivity contribution in [2.24, 2.45) is 0 Å². The summed E-state index contributed by atoms with van der Waals surface area (Å²) in [5.41, 5.74) is 3.00. The molecule has 5 heteroatoms. The molecule has 0 saturated carbocycles. The van der Waals surface area contributed by atoms with Crippen molar-refractivity contribution in [2.75, 3.05) is 18.1 Å². The van der Waals surface area contributed by atoms with Crippen molar-refractivity contribution in [3.05, 3.63) is 59.7 Å². The van der Waals surface area contributed by atoms with E-state index in [0.717, 1.165) is 22.6 Å². The predicted octanol–water partition coefficient (Wildman–Crippen LogP) is 4.37. The summed E-state index contributed by atoms with van der Waals surface area (Å²) in [5.74, 6) is 0.645. The number of fused-ring (bicyclic) bond motifs is 1. The van der Waals surface area contributed by atoms with Gasteiger partial charge in [-0.2, -0.15) is 0 Å². The van der Waals surface area contributed by atoms with Crippen LogP contribution in [0.15, 0.2) is 48.5 Å². The molecule has 29 heavy (non-hydrogen) atoms. The van der Waals surface area contributed by atoms with E-state index in [1.165, 1.54) is 0 Å². The lowest BCUT2D eigenvalue weighted by atomic mass is 9.86. The molecule has 0 bridgehead atoms. The molecule has 0 unspecified atom stereocenters. The highest BCUT2D eigenvalue weighted by Crippen LogP contribution is 2.36. The number of anilines is 1. The monoisotopic (exact) mass is 394 g/mol. The Morgan fingerprint density at radius 2 is 1.90 bits per heavy atom. The maximum absolute atomic E-state index is 12.5. The van der Waals surface area contributed by atoms with Crippen LogP contribution in [0.1, 0.15) is 57.7 Å². The van der Waals surface area contributed by atoms with Gasteiger partial charge in [0.15, 0.2) is 6.61 Å². The van der Waals surface area contributed by atoms with Crippen LogP contribution in [0.3, 0.4) is 0 Å². The summed E-state index contributed by atoms with van der Waals surface area (Å²) in [6, 6.07) is 15.9. The van der Waals surface area contributed by atoms with Crippen molar-refractivity contribution in [1.29, 1.82) is 0 Å². The van der Waals surface area contributed by atoms with Crippen molar-refractivity contribution in [3.63, 3.8) is 0 Å². The lowest BCUT2D eigenvalue weighted by molar-refractivity contribution is -0.123. The van der Waals surface area contributed by atoms with Gasteiger partial charge in [0.2, 0.25) is 5.91 Å². The highest BCUT2D eigenvalue weighted by Gasteiger charge is 2.27. The molecule has 0 aromatic heterocycles. The number of benzene rings is 2. The first kappa shape index (κ1) is 20.9. The van der Waals surface area contributed by atoms with Crippen LogP contribution in [0.2, 0.25) is 0 Å². The van der Waals surface area contributed by atoms with Gasteiger partial charge < -0.3 is 15.0 Å². The number of hydrogen-bond acceptors (Lipinski definition) is 3. The molecule has 3 rings (SSSR count). The van der Waals surface area contributed by atoms with Gasteiger partial charge in [0, 0.05) is 13.0 Å². The topological polar surface area (TPSA) is 58.6 Å². The van der Waals surface area contributed by atoms with E-state index in [4.69, 9.17) is 4.74 Å². The van der Waals surface area contributed by atoms with E-state index in [-0.39, 0.29) is 29.9 Å². The Morgan fingerprint density at radius 1 is 1.17 bits per heavy atom. The molecule has 0 fully saturated rings. The van der Waals surface area contributed by atoms with Gasteiger partial charge in [0.1, 0.15) is 5.75 Å². The van der Waals surface area contributed by atoms with Crippen LogP contribution in [-0.4, -0.2) is 25.0 Å². The summed E-state index contributed by atoms with van der Waals surface area (Å²) in [7, 11) is 0.